The first-order valence-corrected chi connectivity index (χ1v) is 9.13. The van der Waals surface area contributed by atoms with Crippen molar-refractivity contribution in [2.75, 3.05) is 5.73 Å². The zero-order valence-electron chi connectivity index (χ0n) is 13.6. The van der Waals surface area contributed by atoms with E-state index in [1.54, 1.807) is 24.5 Å². The number of benzene rings is 1. The van der Waals surface area contributed by atoms with Crippen molar-refractivity contribution in [1.29, 1.82) is 0 Å². The second-order valence-electron chi connectivity index (χ2n) is 5.55. The minimum Gasteiger partial charge on any atom is -0.397 e. The molecule has 1 amide bonds. The van der Waals surface area contributed by atoms with Crippen LogP contribution in [0.2, 0.25) is 0 Å². The van der Waals surface area contributed by atoms with E-state index in [1.165, 1.54) is 23.5 Å². The average Bonchev–Trinajstić information content (AvgIpc) is 2.91. The molecule has 3 aromatic rings. The summed E-state index contributed by atoms with van der Waals surface area (Å²) in [4.78, 5) is 17.0. The van der Waals surface area contributed by atoms with Gasteiger partial charge in [-0.25, -0.2) is 0 Å². The van der Waals surface area contributed by atoms with E-state index >= 15 is 0 Å². The first-order chi connectivity index (χ1) is 12.2. The number of carbonyl (C=O) groups is 1. The van der Waals surface area contributed by atoms with Gasteiger partial charge in [-0.1, -0.05) is 12.1 Å². The van der Waals surface area contributed by atoms with Crippen LogP contribution in [0.4, 0.5) is 18.9 Å². The highest BCUT2D eigenvalue weighted by molar-refractivity contribution is 8.00. The number of carbonyl (C=O) groups excluding carboxylic acids is 1. The van der Waals surface area contributed by atoms with Crippen LogP contribution >= 0.6 is 23.1 Å². The van der Waals surface area contributed by atoms with E-state index in [0.29, 0.717) is 16.1 Å². The summed E-state index contributed by atoms with van der Waals surface area (Å²) in [6.45, 7) is 2.07. The maximum atomic E-state index is 12.4. The number of nitrogens with two attached hydrogens (primary N) is 1. The lowest BCUT2D eigenvalue weighted by molar-refractivity contribution is -0.0328. The second-order valence-corrected chi connectivity index (χ2v) is 7.74. The number of thioether (sulfide) groups is 1. The molecule has 0 saturated heterocycles. The molecule has 0 unspecified atom stereocenters. The van der Waals surface area contributed by atoms with Crippen molar-refractivity contribution < 1.29 is 18.0 Å². The Bertz CT molecular complexity index is 952. The smallest absolute Gasteiger partial charge is 0.397 e. The van der Waals surface area contributed by atoms with E-state index < -0.39 is 5.51 Å². The number of nitrogen functional groups attached to an aromatic ring is 1. The third-order valence-electron chi connectivity index (χ3n) is 3.64. The molecule has 0 aliphatic heterocycles. The van der Waals surface area contributed by atoms with Crippen molar-refractivity contribution in [2.24, 2.45) is 0 Å². The molecule has 9 heteroatoms. The van der Waals surface area contributed by atoms with Gasteiger partial charge in [-0.2, -0.15) is 13.2 Å². The van der Waals surface area contributed by atoms with Crippen LogP contribution in [0.25, 0.3) is 10.1 Å². The number of thiophene rings is 1. The van der Waals surface area contributed by atoms with Gasteiger partial charge in [0, 0.05) is 29.2 Å². The summed E-state index contributed by atoms with van der Waals surface area (Å²) in [6.07, 6.45) is 3.35. The number of anilines is 1. The molecular formula is C17H14F3N3OS2. The second kappa shape index (κ2) is 7.16. The number of fused-ring (bicyclic) bond motifs is 1. The van der Waals surface area contributed by atoms with E-state index in [4.69, 9.17) is 5.73 Å². The number of hydrogen-bond acceptors (Lipinski definition) is 5. The van der Waals surface area contributed by atoms with Gasteiger partial charge in [0.15, 0.2) is 0 Å². The van der Waals surface area contributed by atoms with Crippen molar-refractivity contribution in [2.45, 2.75) is 23.9 Å². The Morgan fingerprint density at radius 1 is 1.27 bits per heavy atom. The quantitative estimate of drug-likeness (QED) is 0.625. The van der Waals surface area contributed by atoms with E-state index in [9.17, 15) is 18.0 Å². The molecule has 1 aromatic carbocycles. The highest BCUT2D eigenvalue weighted by Gasteiger charge is 2.29. The number of aryl methyl sites for hydroxylation is 1. The number of pyridine rings is 1. The van der Waals surface area contributed by atoms with Crippen molar-refractivity contribution >= 4 is 44.8 Å². The molecule has 2 heterocycles. The summed E-state index contributed by atoms with van der Waals surface area (Å²) in [5, 5.41) is 3.57. The van der Waals surface area contributed by atoms with Crippen LogP contribution in [0.1, 0.15) is 20.8 Å². The molecule has 136 valence electrons. The van der Waals surface area contributed by atoms with E-state index in [1.807, 2.05) is 6.92 Å². The summed E-state index contributed by atoms with van der Waals surface area (Å²) in [5.74, 6) is -0.322. The molecule has 0 radical (unpaired) electrons. The van der Waals surface area contributed by atoms with Gasteiger partial charge >= 0.3 is 5.51 Å². The Hall–Kier alpha value is -2.26. The fourth-order valence-corrected chi connectivity index (χ4v) is 4.10. The molecule has 0 fully saturated rings. The number of aromatic nitrogens is 1. The van der Waals surface area contributed by atoms with Crippen LogP contribution in [0, 0.1) is 6.92 Å². The highest BCUT2D eigenvalue weighted by Crippen LogP contribution is 2.37. The molecule has 3 rings (SSSR count). The van der Waals surface area contributed by atoms with Gasteiger partial charge < -0.3 is 11.1 Å². The minimum absolute atomic E-state index is 0.101. The first-order valence-electron chi connectivity index (χ1n) is 7.50. The Morgan fingerprint density at radius 2 is 1.96 bits per heavy atom. The van der Waals surface area contributed by atoms with Gasteiger partial charge in [0.2, 0.25) is 0 Å². The standard InChI is InChI=1S/C17H14F3N3OS2/c1-9-6-22-8-12-13(9)14(21)15(25-12)16(24)23-7-10-2-4-11(5-3-10)26-17(18,19)20/h2-6,8H,7,21H2,1H3,(H,23,24). The zero-order valence-corrected chi connectivity index (χ0v) is 15.2. The van der Waals surface area contributed by atoms with Gasteiger partial charge in [-0.15, -0.1) is 11.3 Å². The number of alkyl halides is 3. The van der Waals surface area contributed by atoms with Gasteiger partial charge in [-0.05, 0) is 41.9 Å². The molecule has 0 saturated carbocycles. The van der Waals surface area contributed by atoms with Crippen LogP contribution < -0.4 is 11.1 Å². The Labute approximate surface area is 155 Å². The predicted molar refractivity (Wildman–Crippen MR) is 98.3 cm³/mol. The number of halogens is 3. The molecule has 0 atom stereocenters. The van der Waals surface area contributed by atoms with Gasteiger partial charge in [0.25, 0.3) is 5.91 Å². The van der Waals surface area contributed by atoms with Crippen LogP contribution in [-0.2, 0) is 6.54 Å². The summed E-state index contributed by atoms with van der Waals surface area (Å²) >= 11 is 1.09. The summed E-state index contributed by atoms with van der Waals surface area (Å²) in [7, 11) is 0. The fraction of sp³-hybridized carbons (Fsp3) is 0.176. The van der Waals surface area contributed by atoms with Crippen molar-refractivity contribution in [3.05, 3.63) is 52.7 Å². The molecule has 26 heavy (non-hydrogen) atoms. The monoisotopic (exact) mass is 397 g/mol. The number of rotatable bonds is 4. The number of nitrogens with one attached hydrogen (secondary N) is 1. The Kier molecular flexibility index (Phi) is 5.10. The number of amides is 1. The molecule has 0 aliphatic rings. The molecular weight excluding hydrogens is 383 g/mol. The van der Waals surface area contributed by atoms with E-state index in [-0.39, 0.29) is 29.1 Å². The summed E-state index contributed by atoms with van der Waals surface area (Å²) in [6, 6.07) is 5.86. The molecule has 0 aliphatic carbocycles. The zero-order chi connectivity index (χ0) is 18.9. The van der Waals surface area contributed by atoms with Crippen molar-refractivity contribution in [3.8, 4) is 0 Å². The van der Waals surface area contributed by atoms with Crippen molar-refractivity contribution in [3.63, 3.8) is 0 Å². The van der Waals surface area contributed by atoms with Crippen LogP contribution in [-0.4, -0.2) is 16.4 Å². The summed E-state index contributed by atoms with van der Waals surface area (Å²) in [5.41, 5.74) is 3.79. The maximum absolute atomic E-state index is 12.4. The van der Waals surface area contributed by atoms with Crippen LogP contribution in [0.15, 0.2) is 41.6 Å². The third kappa shape index (κ3) is 4.10. The Morgan fingerprint density at radius 3 is 2.58 bits per heavy atom. The van der Waals surface area contributed by atoms with Crippen molar-refractivity contribution in [1.82, 2.24) is 10.3 Å². The predicted octanol–water partition coefficient (Wildman–Crippen LogP) is 4.73. The van der Waals surface area contributed by atoms with Crippen LogP contribution in [0.3, 0.4) is 0 Å². The fourth-order valence-electron chi connectivity index (χ4n) is 2.48. The lowest BCUT2D eigenvalue weighted by Crippen LogP contribution is -2.22. The molecule has 3 N–H and O–H groups in total. The summed E-state index contributed by atoms with van der Waals surface area (Å²) < 4.78 is 37.8. The van der Waals surface area contributed by atoms with Gasteiger partial charge in [0.1, 0.15) is 4.88 Å². The molecule has 0 spiro atoms. The molecule has 2 aromatic heterocycles. The van der Waals surface area contributed by atoms with Crippen LogP contribution in [0.5, 0.6) is 0 Å². The topological polar surface area (TPSA) is 68.0 Å². The first kappa shape index (κ1) is 18.5. The number of hydrogen-bond donors (Lipinski definition) is 2. The van der Waals surface area contributed by atoms with E-state index in [0.717, 1.165) is 15.6 Å². The Balaban J connectivity index is 1.69. The third-order valence-corrected chi connectivity index (χ3v) is 5.52. The lowest BCUT2D eigenvalue weighted by atomic mass is 10.1. The van der Waals surface area contributed by atoms with Gasteiger partial charge in [0.05, 0.1) is 10.4 Å². The van der Waals surface area contributed by atoms with Gasteiger partial charge in [-0.3, -0.25) is 9.78 Å². The highest BCUT2D eigenvalue weighted by atomic mass is 32.2. The normalized spacial score (nSPS) is 11.7. The number of nitrogens with zero attached hydrogens (tertiary/aromatic N) is 1. The molecule has 4 nitrogen and oxygen atoms in total. The largest absolute Gasteiger partial charge is 0.446 e. The lowest BCUT2D eigenvalue weighted by Gasteiger charge is -2.08. The average molecular weight is 397 g/mol. The SMILES string of the molecule is Cc1cncc2sc(C(=O)NCc3ccc(SC(F)(F)F)cc3)c(N)c12. The maximum Gasteiger partial charge on any atom is 0.446 e. The van der Waals surface area contributed by atoms with E-state index in [2.05, 4.69) is 10.3 Å². The molecule has 0 bridgehead atoms. The minimum atomic E-state index is -4.32.